The highest BCUT2D eigenvalue weighted by Crippen LogP contribution is 2.08. The molecular weight excluding hydrogens is 184 g/mol. The number of nitrogens with one attached hydrogen (secondary N) is 1. The Hall–Kier alpha value is -0.810. The van der Waals surface area contributed by atoms with Crippen molar-refractivity contribution in [2.75, 3.05) is 26.2 Å². The molecule has 1 rings (SSSR count). The van der Waals surface area contributed by atoms with Gasteiger partial charge in [-0.15, -0.1) is 0 Å². The standard InChI is InChI=1S/C9H18N2O3/c12-8-4-5-10-14-9(13)11-6-2-1-3-7-11/h10,12H,1-8H2. The Morgan fingerprint density at radius 3 is 2.71 bits per heavy atom. The number of hydrogen-bond acceptors (Lipinski definition) is 4. The van der Waals surface area contributed by atoms with Crippen LogP contribution in [0.1, 0.15) is 25.7 Å². The van der Waals surface area contributed by atoms with Crippen molar-refractivity contribution < 1.29 is 14.7 Å². The molecule has 0 aromatic carbocycles. The van der Waals surface area contributed by atoms with Crippen LogP contribution in [-0.4, -0.2) is 42.3 Å². The summed E-state index contributed by atoms with van der Waals surface area (Å²) in [5.74, 6) is 0. The summed E-state index contributed by atoms with van der Waals surface area (Å²) in [6.45, 7) is 2.19. The van der Waals surface area contributed by atoms with E-state index < -0.39 is 0 Å². The van der Waals surface area contributed by atoms with Crippen molar-refractivity contribution in [3.05, 3.63) is 0 Å². The first-order valence-electron chi connectivity index (χ1n) is 5.14. The predicted octanol–water partition coefficient (Wildman–Crippen LogP) is 0.496. The molecule has 1 amide bonds. The minimum Gasteiger partial charge on any atom is -0.396 e. The summed E-state index contributed by atoms with van der Waals surface area (Å²) in [5, 5.41) is 8.49. The van der Waals surface area contributed by atoms with Crippen LogP contribution in [-0.2, 0) is 4.84 Å². The molecule has 0 bridgehead atoms. The first kappa shape index (κ1) is 11.3. The molecule has 2 N–H and O–H groups in total. The normalized spacial score (nSPS) is 16.8. The molecule has 1 fully saturated rings. The van der Waals surface area contributed by atoms with Crippen LogP contribution in [0.15, 0.2) is 0 Å². The zero-order valence-corrected chi connectivity index (χ0v) is 8.37. The molecule has 0 aliphatic carbocycles. The molecule has 0 atom stereocenters. The molecule has 1 saturated heterocycles. The lowest BCUT2D eigenvalue weighted by Gasteiger charge is -2.25. The highest BCUT2D eigenvalue weighted by Gasteiger charge is 2.17. The molecule has 1 aliphatic heterocycles. The molecule has 0 radical (unpaired) electrons. The van der Waals surface area contributed by atoms with Gasteiger partial charge in [-0.25, -0.2) is 4.79 Å². The molecule has 82 valence electrons. The van der Waals surface area contributed by atoms with E-state index in [1.54, 1.807) is 4.90 Å². The Kier molecular flexibility index (Phi) is 5.32. The molecule has 1 aliphatic rings. The highest BCUT2D eigenvalue weighted by atomic mass is 16.7. The van der Waals surface area contributed by atoms with Crippen LogP contribution in [0.2, 0.25) is 0 Å². The summed E-state index contributed by atoms with van der Waals surface area (Å²) in [5.41, 5.74) is 2.53. The van der Waals surface area contributed by atoms with Gasteiger partial charge < -0.3 is 14.8 Å². The van der Waals surface area contributed by atoms with Crippen molar-refractivity contribution in [2.24, 2.45) is 0 Å². The van der Waals surface area contributed by atoms with Crippen LogP contribution in [0.4, 0.5) is 4.79 Å². The Balaban J connectivity index is 2.07. The summed E-state index contributed by atoms with van der Waals surface area (Å²) in [6, 6.07) is 0. The summed E-state index contributed by atoms with van der Waals surface area (Å²) in [7, 11) is 0. The van der Waals surface area contributed by atoms with E-state index in [0.29, 0.717) is 13.0 Å². The minimum absolute atomic E-state index is 0.105. The fourth-order valence-corrected chi connectivity index (χ4v) is 1.41. The maximum Gasteiger partial charge on any atom is 0.428 e. The number of nitrogens with zero attached hydrogens (tertiary/aromatic N) is 1. The van der Waals surface area contributed by atoms with E-state index >= 15 is 0 Å². The molecule has 0 spiro atoms. The lowest BCUT2D eigenvalue weighted by atomic mass is 10.1. The largest absolute Gasteiger partial charge is 0.428 e. The van der Waals surface area contributed by atoms with E-state index in [4.69, 9.17) is 9.94 Å². The molecule has 14 heavy (non-hydrogen) atoms. The van der Waals surface area contributed by atoms with Crippen molar-refractivity contribution in [1.82, 2.24) is 10.4 Å². The third kappa shape index (κ3) is 3.93. The Morgan fingerprint density at radius 1 is 1.36 bits per heavy atom. The van der Waals surface area contributed by atoms with Gasteiger partial charge in [0.1, 0.15) is 0 Å². The highest BCUT2D eigenvalue weighted by molar-refractivity contribution is 5.67. The second kappa shape index (κ2) is 6.62. The number of aliphatic hydroxyl groups excluding tert-OH is 1. The number of rotatable bonds is 4. The quantitative estimate of drug-likeness (QED) is 0.514. The van der Waals surface area contributed by atoms with E-state index in [2.05, 4.69) is 5.48 Å². The number of aliphatic hydroxyl groups is 1. The minimum atomic E-state index is -0.303. The third-order valence-corrected chi connectivity index (χ3v) is 2.21. The number of amides is 1. The first-order chi connectivity index (χ1) is 6.84. The van der Waals surface area contributed by atoms with E-state index in [9.17, 15) is 4.79 Å². The van der Waals surface area contributed by atoms with Crippen LogP contribution in [0, 0.1) is 0 Å². The van der Waals surface area contributed by atoms with Crippen molar-refractivity contribution in [3.8, 4) is 0 Å². The van der Waals surface area contributed by atoms with Gasteiger partial charge in [0.15, 0.2) is 0 Å². The van der Waals surface area contributed by atoms with Crippen LogP contribution in [0.25, 0.3) is 0 Å². The molecular formula is C9H18N2O3. The maximum atomic E-state index is 11.3. The lowest BCUT2D eigenvalue weighted by Crippen LogP contribution is -2.39. The molecule has 5 heteroatoms. The van der Waals surface area contributed by atoms with Gasteiger partial charge in [0.2, 0.25) is 0 Å². The Morgan fingerprint density at radius 2 is 2.07 bits per heavy atom. The monoisotopic (exact) mass is 202 g/mol. The van der Waals surface area contributed by atoms with Gasteiger partial charge in [-0.2, -0.15) is 5.48 Å². The lowest BCUT2D eigenvalue weighted by molar-refractivity contribution is 0.0483. The van der Waals surface area contributed by atoms with Crippen molar-refractivity contribution >= 4 is 6.09 Å². The molecule has 0 unspecified atom stereocenters. The Labute approximate surface area is 84.0 Å². The summed E-state index contributed by atoms with van der Waals surface area (Å²) in [4.78, 5) is 17.9. The molecule has 5 nitrogen and oxygen atoms in total. The zero-order chi connectivity index (χ0) is 10.2. The fourth-order valence-electron chi connectivity index (χ4n) is 1.41. The first-order valence-corrected chi connectivity index (χ1v) is 5.14. The van der Waals surface area contributed by atoms with Gasteiger partial charge in [-0.05, 0) is 25.7 Å². The molecule has 0 aromatic rings. The smallest absolute Gasteiger partial charge is 0.396 e. The number of carbonyl (C=O) groups excluding carboxylic acids is 1. The van der Waals surface area contributed by atoms with Gasteiger partial charge in [0, 0.05) is 26.2 Å². The van der Waals surface area contributed by atoms with Crippen molar-refractivity contribution in [1.29, 1.82) is 0 Å². The number of piperidine rings is 1. The predicted molar refractivity (Wildman–Crippen MR) is 51.6 cm³/mol. The average Bonchev–Trinajstić information content (AvgIpc) is 2.25. The van der Waals surface area contributed by atoms with Crippen molar-refractivity contribution in [3.63, 3.8) is 0 Å². The summed E-state index contributed by atoms with van der Waals surface area (Å²) < 4.78 is 0. The zero-order valence-electron chi connectivity index (χ0n) is 8.37. The Bertz CT molecular complexity index is 169. The van der Waals surface area contributed by atoms with Gasteiger partial charge >= 0.3 is 6.09 Å². The van der Waals surface area contributed by atoms with Crippen molar-refractivity contribution in [2.45, 2.75) is 25.7 Å². The van der Waals surface area contributed by atoms with Crippen LogP contribution >= 0.6 is 0 Å². The van der Waals surface area contributed by atoms with Crippen LogP contribution in [0.5, 0.6) is 0 Å². The molecule has 0 saturated carbocycles. The topological polar surface area (TPSA) is 61.8 Å². The fraction of sp³-hybridized carbons (Fsp3) is 0.889. The summed E-state index contributed by atoms with van der Waals surface area (Å²) >= 11 is 0. The van der Waals surface area contributed by atoms with E-state index in [0.717, 1.165) is 25.9 Å². The maximum absolute atomic E-state index is 11.3. The van der Waals surface area contributed by atoms with E-state index in [1.165, 1.54) is 6.42 Å². The van der Waals surface area contributed by atoms with Gasteiger partial charge in [0.05, 0.1) is 0 Å². The van der Waals surface area contributed by atoms with E-state index in [-0.39, 0.29) is 12.7 Å². The van der Waals surface area contributed by atoms with Crippen LogP contribution < -0.4 is 5.48 Å². The number of hydrogen-bond donors (Lipinski definition) is 2. The average molecular weight is 202 g/mol. The summed E-state index contributed by atoms with van der Waals surface area (Å²) in [6.07, 6.45) is 3.61. The SMILES string of the molecule is O=C(ONCCCO)N1CCCCC1. The number of likely N-dealkylation sites (tertiary alicyclic amines) is 1. The van der Waals surface area contributed by atoms with Gasteiger partial charge in [-0.3, -0.25) is 0 Å². The third-order valence-electron chi connectivity index (χ3n) is 2.21. The second-order valence-corrected chi connectivity index (χ2v) is 3.39. The number of hydroxylamine groups is 1. The second-order valence-electron chi connectivity index (χ2n) is 3.39. The molecule has 1 heterocycles. The number of carbonyl (C=O) groups is 1. The van der Waals surface area contributed by atoms with Crippen LogP contribution in [0.3, 0.4) is 0 Å². The van der Waals surface area contributed by atoms with Gasteiger partial charge in [0.25, 0.3) is 0 Å². The van der Waals surface area contributed by atoms with E-state index in [1.807, 2.05) is 0 Å². The van der Waals surface area contributed by atoms with Gasteiger partial charge in [-0.1, -0.05) is 0 Å². The molecule has 0 aromatic heterocycles.